The van der Waals surface area contributed by atoms with Gasteiger partial charge in [-0.1, -0.05) is 24.3 Å². The van der Waals surface area contributed by atoms with Gasteiger partial charge in [-0.2, -0.15) is 0 Å². The maximum absolute atomic E-state index is 13.1. The molecule has 2 aromatic rings. The molecule has 116 valence electrons. The molecule has 0 fully saturated rings. The highest BCUT2D eigenvalue weighted by molar-refractivity contribution is 5.77. The Morgan fingerprint density at radius 3 is 2.55 bits per heavy atom. The molecule has 0 aliphatic rings. The maximum Gasteiger partial charge on any atom is 0.260 e. The molecule has 0 aliphatic heterocycles. The summed E-state index contributed by atoms with van der Waals surface area (Å²) < 4.78 is 23.8. The summed E-state index contributed by atoms with van der Waals surface area (Å²) in [6, 6.07) is 13.3. The highest BCUT2D eigenvalue weighted by Crippen LogP contribution is 2.25. The van der Waals surface area contributed by atoms with Crippen LogP contribution in [0.3, 0.4) is 0 Å². The number of carbonyl (C=O) groups is 1. The van der Waals surface area contributed by atoms with Crippen molar-refractivity contribution in [2.75, 3.05) is 20.8 Å². The summed E-state index contributed by atoms with van der Waals surface area (Å²) >= 11 is 0. The van der Waals surface area contributed by atoms with Crippen molar-refractivity contribution in [1.82, 2.24) is 4.90 Å². The largest absolute Gasteiger partial charge is 0.493 e. The number of hydrogen-bond acceptors (Lipinski definition) is 3. The van der Waals surface area contributed by atoms with Crippen LogP contribution in [0.2, 0.25) is 0 Å². The molecular weight excluding hydrogens is 285 g/mol. The van der Waals surface area contributed by atoms with Crippen molar-refractivity contribution in [3.63, 3.8) is 0 Å². The lowest BCUT2D eigenvalue weighted by Gasteiger charge is -2.18. The molecular formula is C17H18FNO3. The van der Waals surface area contributed by atoms with Crippen LogP contribution < -0.4 is 9.47 Å². The first-order valence-electron chi connectivity index (χ1n) is 6.84. The lowest BCUT2D eigenvalue weighted by molar-refractivity contribution is -0.132. The molecule has 1 amide bonds. The summed E-state index contributed by atoms with van der Waals surface area (Å²) in [5.41, 5.74) is 0.730. The van der Waals surface area contributed by atoms with Crippen LogP contribution in [-0.4, -0.2) is 31.6 Å². The van der Waals surface area contributed by atoms with Crippen molar-refractivity contribution in [1.29, 1.82) is 0 Å². The number of nitrogens with zero attached hydrogens (tertiary/aromatic N) is 1. The molecule has 0 saturated heterocycles. The number of amides is 1. The van der Waals surface area contributed by atoms with E-state index in [2.05, 4.69) is 0 Å². The average Bonchev–Trinajstić information content (AvgIpc) is 2.52. The molecule has 0 unspecified atom stereocenters. The molecule has 0 spiro atoms. The fourth-order valence-electron chi connectivity index (χ4n) is 1.99. The van der Waals surface area contributed by atoms with Gasteiger partial charge in [-0.25, -0.2) is 4.39 Å². The molecule has 0 heterocycles. The summed E-state index contributed by atoms with van der Waals surface area (Å²) in [5, 5.41) is 0. The van der Waals surface area contributed by atoms with Crippen molar-refractivity contribution in [3.05, 3.63) is 59.9 Å². The number of hydrogen-bond donors (Lipinski definition) is 0. The number of rotatable bonds is 6. The van der Waals surface area contributed by atoms with E-state index in [1.165, 1.54) is 17.0 Å². The predicted octanol–water partition coefficient (Wildman–Crippen LogP) is 2.87. The highest BCUT2D eigenvalue weighted by atomic mass is 19.1. The lowest BCUT2D eigenvalue weighted by Crippen LogP contribution is -2.31. The molecule has 0 atom stereocenters. The van der Waals surface area contributed by atoms with Gasteiger partial charge >= 0.3 is 0 Å². The quantitative estimate of drug-likeness (QED) is 0.823. The van der Waals surface area contributed by atoms with Crippen LogP contribution >= 0.6 is 0 Å². The summed E-state index contributed by atoms with van der Waals surface area (Å²) in [6.45, 7) is 0.220. The van der Waals surface area contributed by atoms with Crippen molar-refractivity contribution in [3.8, 4) is 11.5 Å². The maximum atomic E-state index is 13.1. The lowest BCUT2D eigenvalue weighted by atomic mass is 10.2. The van der Waals surface area contributed by atoms with Crippen LogP contribution in [-0.2, 0) is 11.3 Å². The van der Waals surface area contributed by atoms with Crippen LogP contribution in [0.5, 0.6) is 11.5 Å². The Morgan fingerprint density at radius 2 is 1.86 bits per heavy atom. The first-order chi connectivity index (χ1) is 10.6. The molecule has 5 heteroatoms. The molecule has 0 saturated carbocycles. The van der Waals surface area contributed by atoms with E-state index in [9.17, 15) is 9.18 Å². The average molecular weight is 303 g/mol. The Labute approximate surface area is 129 Å². The number of benzene rings is 2. The van der Waals surface area contributed by atoms with Gasteiger partial charge < -0.3 is 14.4 Å². The predicted molar refractivity (Wildman–Crippen MR) is 81.4 cm³/mol. The van der Waals surface area contributed by atoms with Crippen LogP contribution in [0.1, 0.15) is 5.56 Å². The highest BCUT2D eigenvalue weighted by Gasteiger charge is 2.12. The van der Waals surface area contributed by atoms with Gasteiger partial charge in [-0.15, -0.1) is 0 Å². The second kappa shape index (κ2) is 7.45. The molecule has 2 aromatic carbocycles. The fourth-order valence-corrected chi connectivity index (χ4v) is 1.99. The minimum absolute atomic E-state index is 0.105. The van der Waals surface area contributed by atoms with Gasteiger partial charge in [0.1, 0.15) is 5.82 Å². The number of halogens is 1. The Balaban J connectivity index is 1.91. The zero-order valence-electron chi connectivity index (χ0n) is 12.6. The molecule has 0 radical (unpaired) electrons. The number of carbonyl (C=O) groups excluding carboxylic acids is 1. The number of para-hydroxylation sites is 2. The summed E-state index contributed by atoms with van der Waals surface area (Å²) in [4.78, 5) is 13.6. The Hall–Kier alpha value is -2.56. The normalized spacial score (nSPS) is 10.1. The Morgan fingerprint density at radius 1 is 1.14 bits per heavy atom. The molecule has 0 N–H and O–H groups in total. The molecule has 2 rings (SSSR count). The first kappa shape index (κ1) is 15.8. The van der Waals surface area contributed by atoms with E-state index in [1.807, 2.05) is 6.07 Å². The van der Waals surface area contributed by atoms with E-state index >= 15 is 0 Å². The zero-order valence-corrected chi connectivity index (χ0v) is 12.6. The van der Waals surface area contributed by atoms with Gasteiger partial charge in [-0.3, -0.25) is 4.79 Å². The topological polar surface area (TPSA) is 38.8 Å². The summed E-state index contributed by atoms with van der Waals surface area (Å²) in [6.07, 6.45) is 0. The van der Waals surface area contributed by atoms with Crippen LogP contribution in [0.25, 0.3) is 0 Å². The zero-order chi connectivity index (χ0) is 15.9. The van der Waals surface area contributed by atoms with E-state index in [4.69, 9.17) is 9.47 Å². The third kappa shape index (κ3) is 4.22. The van der Waals surface area contributed by atoms with Crippen molar-refractivity contribution in [2.24, 2.45) is 0 Å². The van der Waals surface area contributed by atoms with E-state index in [0.717, 1.165) is 5.56 Å². The first-order valence-corrected chi connectivity index (χ1v) is 6.84. The smallest absolute Gasteiger partial charge is 0.260 e. The SMILES string of the molecule is COc1ccccc1OCC(=O)N(C)Cc1cccc(F)c1. The van der Waals surface area contributed by atoms with Gasteiger partial charge in [0.15, 0.2) is 18.1 Å². The van der Waals surface area contributed by atoms with Crippen LogP contribution in [0, 0.1) is 5.82 Å². The van der Waals surface area contributed by atoms with Crippen molar-refractivity contribution >= 4 is 5.91 Å². The number of ether oxygens (including phenoxy) is 2. The van der Waals surface area contributed by atoms with Crippen LogP contribution in [0.4, 0.5) is 4.39 Å². The van der Waals surface area contributed by atoms with Gasteiger partial charge in [0.2, 0.25) is 0 Å². The third-order valence-electron chi connectivity index (χ3n) is 3.15. The monoisotopic (exact) mass is 303 g/mol. The summed E-state index contributed by atoms with van der Waals surface area (Å²) in [5.74, 6) is 0.569. The van der Waals surface area contributed by atoms with E-state index in [1.54, 1.807) is 44.5 Å². The number of likely N-dealkylation sites (N-methyl/N-ethyl adjacent to an activating group) is 1. The minimum atomic E-state index is -0.316. The molecule has 4 nitrogen and oxygen atoms in total. The minimum Gasteiger partial charge on any atom is -0.493 e. The van der Waals surface area contributed by atoms with E-state index in [0.29, 0.717) is 18.0 Å². The Bertz CT molecular complexity index is 645. The van der Waals surface area contributed by atoms with Gasteiger partial charge in [0, 0.05) is 13.6 Å². The molecule has 0 aliphatic carbocycles. The number of methoxy groups -OCH3 is 1. The standard InChI is InChI=1S/C17H18FNO3/c1-19(11-13-6-5-7-14(18)10-13)17(20)12-22-16-9-4-3-8-15(16)21-2/h3-10H,11-12H2,1-2H3. The second-order valence-corrected chi connectivity index (χ2v) is 4.82. The second-order valence-electron chi connectivity index (χ2n) is 4.82. The van der Waals surface area contributed by atoms with Crippen molar-refractivity contribution in [2.45, 2.75) is 6.54 Å². The van der Waals surface area contributed by atoms with Gasteiger partial charge in [0.05, 0.1) is 7.11 Å². The van der Waals surface area contributed by atoms with E-state index in [-0.39, 0.29) is 18.3 Å². The fraction of sp³-hybridized carbons (Fsp3) is 0.235. The summed E-state index contributed by atoms with van der Waals surface area (Å²) in [7, 11) is 3.19. The Kier molecular flexibility index (Phi) is 5.36. The van der Waals surface area contributed by atoms with E-state index < -0.39 is 0 Å². The molecule has 0 aromatic heterocycles. The van der Waals surface area contributed by atoms with Gasteiger partial charge in [0.25, 0.3) is 5.91 Å². The van der Waals surface area contributed by atoms with Gasteiger partial charge in [-0.05, 0) is 29.8 Å². The molecule has 22 heavy (non-hydrogen) atoms. The molecule has 0 bridgehead atoms. The van der Waals surface area contributed by atoms with Crippen molar-refractivity contribution < 1.29 is 18.7 Å². The third-order valence-corrected chi connectivity index (χ3v) is 3.15. The van der Waals surface area contributed by atoms with Crippen LogP contribution in [0.15, 0.2) is 48.5 Å².